The summed E-state index contributed by atoms with van der Waals surface area (Å²) in [5, 5.41) is 9.73. The highest BCUT2D eigenvalue weighted by molar-refractivity contribution is 7.99. The number of benzene rings is 1. The van der Waals surface area contributed by atoms with E-state index in [-0.39, 0.29) is 11.0 Å². The van der Waals surface area contributed by atoms with Gasteiger partial charge in [0, 0.05) is 13.1 Å². The molecule has 3 aromatic rings. The number of rotatable bonds is 6. The van der Waals surface area contributed by atoms with Gasteiger partial charge in [-0.3, -0.25) is 4.57 Å². The van der Waals surface area contributed by atoms with Crippen LogP contribution in [-0.4, -0.2) is 40.9 Å². The van der Waals surface area contributed by atoms with Gasteiger partial charge in [0.05, 0.1) is 18.0 Å². The van der Waals surface area contributed by atoms with Crippen LogP contribution in [0, 0.1) is 6.92 Å². The Morgan fingerprint density at radius 1 is 1.14 bits per heavy atom. The summed E-state index contributed by atoms with van der Waals surface area (Å²) in [7, 11) is 1.34. The Morgan fingerprint density at radius 2 is 1.86 bits per heavy atom. The Kier molecular flexibility index (Phi) is 5.62. The van der Waals surface area contributed by atoms with Gasteiger partial charge in [-0.25, -0.2) is 4.79 Å². The fourth-order valence-electron chi connectivity index (χ4n) is 3.38. The molecule has 7 nitrogen and oxygen atoms in total. The van der Waals surface area contributed by atoms with Gasteiger partial charge in [-0.2, -0.15) is 0 Å². The highest BCUT2D eigenvalue weighted by atomic mass is 32.2. The molecule has 0 N–H and O–H groups in total. The number of esters is 1. The third-order valence-electron chi connectivity index (χ3n) is 4.99. The van der Waals surface area contributed by atoms with Crippen LogP contribution in [0.3, 0.4) is 0 Å². The van der Waals surface area contributed by atoms with E-state index in [0.29, 0.717) is 5.76 Å². The normalized spacial score (nSPS) is 14.9. The number of carbonyl (C=O) groups is 1. The van der Waals surface area contributed by atoms with Crippen LogP contribution in [0.15, 0.2) is 46.0 Å². The Hall–Kier alpha value is -2.74. The summed E-state index contributed by atoms with van der Waals surface area (Å²) in [5.41, 5.74) is 2.24. The molecule has 1 fully saturated rings. The number of furan rings is 1. The van der Waals surface area contributed by atoms with Crippen LogP contribution in [-0.2, 0) is 4.74 Å². The summed E-state index contributed by atoms with van der Waals surface area (Å²) in [5.74, 6) is 1.28. The molecule has 1 saturated heterocycles. The second-order valence-electron chi connectivity index (χ2n) is 7.10. The molecule has 1 atom stereocenters. The Labute approximate surface area is 174 Å². The molecular weight excluding hydrogens is 388 g/mol. The predicted molar refractivity (Wildman–Crippen MR) is 112 cm³/mol. The van der Waals surface area contributed by atoms with Crippen LogP contribution in [0.5, 0.6) is 0 Å². The van der Waals surface area contributed by atoms with Crippen molar-refractivity contribution in [2.75, 3.05) is 25.1 Å². The average molecular weight is 413 g/mol. The van der Waals surface area contributed by atoms with Crippen molar-refractivity contribution in [1.82, 2.24) is 14.8 Å². The minimum Gasteiger partial charge on any atom is -0.463 e. The van der Waals surface area contributed by atoms with Crippen molar-refractivity contribution in [2.24, 2.45) is 0 Å². The zero-order valence-corrected chi connectivity index (χ0v) is 17.6. The van der Waals surface area contributed by atoms with Crippen LogP contribution < -0.4 is 4.90 Å². The van der Waals surface area contributed by atoms with Gasteiger partial charge in [0.1, 0.15) is 5.76 Å². The van der Waals surface area contributed by atoms with Gasteiger partial charge in [0.25, 0.3) is 0 Å². The van der Waals surface area contributed by atoms with Gasteiger partial charge in [-0.1, -0.05) is 29.5 Å². The number of nitrogens with zero attached hydrogens (tertiary/aromatic N) is 4. The van der Waals surface area contributed by atoms with E-state index in [0.717, 1.165) is 29.9 Å². The first-order valence-electron chi connectivity index (χ1n) is 9.69. The van der Waals surface area contributed by atoms with Crippen LogP contribution in [0.25, 0.3) is 5.69 Å². The minimum atomic E-state index is -0.479. The largest absolute Gasteiger partial charge is 0.463 e. The minimum absolute atomic E-state index is 0.0479. The fourth-order valence-corrected chi connectivity index (χ4v) is 4.32. The Morgan fingerprint density at radius 3 is 2.55 bits per heavy atom. The molecule has 0 saturated carbocycles. The molecule has 3 heterocycles. The van der Waals surface area contributed by atoms with Crippen LogP contribution >= 0.6 is 11.8 Å². The van der Waals surface area contributed by atoms with Crippen molar-refractivity contribution < 1.29 is 13.9 Å². The Balaban J connectivity index is 1.65. The first-order chi connectivity index (χ1) is 14.1. The number of carbonyl (C=O) groups excluding carboxylic acids is 1. The lowest BCUT2D eigenvalue weighted by molar-refractivity contribution is 0.0563. The van der Waals surface area contributed by atoms with E-state index in [1.54, 1.807) is 23.9 Å². The highest BCUT2D eigenvalue weighted by Crippen LogP contribution is 2.38. The van der Waals surface area contributed by atoms with Crippen LogP contribution in [0.2, 0.25) is 0 Å². The first kappa shape index (κ1) is 19.6. The summed E-state index contributed by atoms with van der Waals surface area (Å²) in [4.78, 5) is 14.0. The molecule has 0 amide bonds. The number of aryl methyl sites for hydroxylation is 1. The van der Waals surface area contributed by atoms with Crippen molar-refractivity contribution in [1.29, 1.82) is 0 Å². The smallest absolute Gasteiger partial charge is 0.373 e. The second-order valence-corrected chi connectivity index (χ2v) is 8.41. The van der Waals surface area contributed by atoms with Gasteiger partial charge in [-0.05, 0) is 51.0 Å². The first-order valence-corrected chi connectivity index (χ1v) is 10.6. The quantitative estimate of drug-likeness (QED) is 0.439. The van der Waals surface area contributed by atoms with E-state index in [9.17, 15) is 4.79 Å². The third-order valence-corrected chi connectivity index (χ3v) is 6.05. The fraction of sp³-hybridized carbons (Fsp3) is 0.381. The van der Waals surface area contributed by atoms with Crippen LogP contribution in [0.1, 0.15) is 46.9 Å². The molecular formula is C21H24N4O3S. The zero-order chi connectivity index (χ0) is 20.4. The lowest BCUT2D eigenvalue weighted by Crippen LogP contribution is -2.22. The molecule has 8 heteroatoms. The number of ether oxygens (including phenoxy) is 1. The molecule has 0 spiro atoms. The molecule has 1 aromatic carbocycles. The van der Waals surface area contributed by atoms with E-state index in [2.05, 4.69) is 50.9 Å². The van der Waals surface area contributed by atoms with Gasteiger partial charge in [0.15, 0.2) is 5.16 Å². The lowest BCUT2D eigenvalue weighted by Gasteiger charge is -2.19. The standard InChI is InChI=1S/C21H24N4O3S/c1-14-6-8-16(9-7-14)25-20(24-12-4-5-13-24)22-23-21(25)29-15(2)17-10-11-18(28-17)19(26)27-3/h6-11,15H,4-5,12-13H2,1-3H3. The summed E-state index contributed by atoms with van der Waals surface area (Å²) >= 11 is 1.55. The molecule has 0 radical (unpaired) electrons. The lowest BCUT2D eigenvalue weighted by atomic mass is 10.2. The monoisotopic (exact) mass is 412 g/mol. The highest BCUT2D eigenvalue weighted by Gasteiger charge is 2.25. The van der Waals surface area contributed by atoms with Crippen molar-refractivity contribution in [3.8, 4) is 5.69 Å². The average Bonchev–Trinajstić information content (AvgIpc) is 3.48. The topological polar surface area (TPSA) is 73.4 Å². The molecule has 0 aliphatic carbocycles. The number of hydrogen-bond donors (Lipinski definition) is 0. The predicted octanol–water partition coefficient (Wildman–Crippen LogP) is 4.41. The van der Waals surface area contributed by atoms with E-state index < -0.39 is 5.97 Å². The van der Waals surface area contributed by atoms with Crippen molar-refractivity contribution >= 4 is 23.7 Å². The number of methoxy groups -OCH3 is 1. The van der Waals surface area contributed by atoms with E-state index >= 15 is 0 Å². The summed E-state index contributed by atoms with van der Waals surface area (Å²) in [6, 6.07) is 11.8. The summed E-state index contributed by atoms with van der Waals surface area (Å²) in [6.07, 6.45) is 2.34. The number of aromatic nitrogens is 3. The molecule has 1 unspecified atom stereocenters. The molecule has 0 bridgehead atoms. The van der Waals surface area contributed by atoms with Crippen molar-refractivity contribution in [2.45, 2.75) is 37.1 Å². The van der Waals surface area contributed by atoms with Crippen molar-refractivity contribution in [3.63, 3.8) is 0 Å². The number of hydrogen-bond acceptors (Lipinski definition) is 7. The maximum absolute atomic E-state index is 11.7. The molecule has 152 valence electrons. The van der Waals surface area contributed by atoms with Crippen LogP contribution in [0.4, 0.5) is 5.95 Å². The van der Waals surface area contributed by atoms with Gasteiger partial charge >= 0.3 is 5.97 Å². The number of anilines is 1. The van der Waals surface area contributed by atoms with E-state index in [4.69, 9.17) is 9.15 Å². The molecule has 2 aromatic heterocycles. The summed E-state index contributed by atoms with van der Waals surface area (Å²) < 4.78 is 12.5. The second kappa shape index (κ2) is 8.32. The van der Waals surface area contributed by atoms with E-state index in [1.165, 1.54) is 25.5 Å². The SMILES string of the molecule is COC(=O)c1ccc(C(C)Sc2nnc(N3CCCC3)n2-c2ccc(C)cc2)o1. The van der Waals surface area contributed by atoms with Crippen molar-refractivity contribution in [3.05, 3.63) is 53.5 Å². The van der Waals surface area contributed by atoms with Gasteiger partial charge in [-0.15, -0.1) is 10.2 Å². The maximum Gasteiger partial charge on any atom is 0.373 e. The maximum atomic E-state index is 11.7. The number of thioether (sulfide) groups is 1. The molecule has 29 heavy (non-hydrogen) atoms. The Bertz CT molecular complexity index is 990. The van der Waals surface area contributed by atoms with Gasteiger partial charge in [0.2, 0.25) is 11.7 Å². The van der Waals surface area contributed by atoms with Gasteiger partial charge < -0.3 is 14.1 Å². The third kappa shape index (κ3) is 4.03. The molecule has 1 aliphatic heterocycles. The zero-order valence-electron chi connectivity index (χ0n) is 16.8. The summed E-state index contributed by atoms with van der Waals surface area (Å²) in [6.45, 7) is 6.08. The van der Waals surface area contributed by atoms with E-state index in [1.807, 2.05) is 6.92 Å². The molecule has 4 rings (SSSR count). The molecule has 1 aliphatic rings.